The number of methoxy groups -OCH3 is 1. The summed E-state index contributed by atoms with van der Waals surface area (Å²) in [6, 6.07) is 15.1. The largest absolute Gasteiger partial charge is 0.496 e. The van der Waals surface area contributed by atoms with Crippen LogP contribution < -0.4 is 10.1 Å². The maximum absolute atomic E-state index is 12.6. The molecule has 1 N–H and O–H groups in total. The number of anilines is 1. The van der Waals surface area contributed by atoms with Crippen LogP contribution in [-0.4, -0.2) is 49.6 Å². The fraction of sp³-hybridized carbons (Fsp3) is 0.316. The number of para-hydroxylation sites is 1. The molecule has 2 aromatic carbocycles. The number of carbonyl (C=O) groups excluding carboxylic acids is 1. The second-order valence-electron chi connectivity index (χ2n) is 6.12. The Bertz CT molecular complexity index is 736. The average Bonchev–Trinajstić information content (AvgIpc) is 2.64. The van der Waals surface area contributed by atoms with Gasteiger partial charge in [-0.25, -0.2) is 4.79 Å². The van der Waals surface area contributed by atoms with Gasteiger partial charge in [-0.15, -0.1) is 0 Å². The average molecular weight is 360 g/mol. The van der Waals surface area contributed by atoms with Crippen molar-refractivity contribution in [2.24, 2.45) is 0 Å². The summed E-state index contributed by atoms with van der Waals surface area (Å²) in [5.41, 5.74) is 1.83. The molecule has 2 aromatic rings. The van der Waals surface area contributed by atoms with Gasteiger partial charge < -0.3 is 15.0 Å². The molecule has 25 heavy (non-hydrogen) atoms. The number of likely N-dealkylation sites (N-methyl/N-ethyl adjacent to an activating group) is 1. The van der Waals surface area contributed by atoms with E-state index in [1.165, 1.54) is 0 Å². The van der Waals surface area contributed by atoms with Crippen LogP contribution in [0.3, 0.4) is 0 Å². The molecule has 1 atom stereocenters. The first kappa shape index (κ1) is 17.6. The van der Waals surface area contributed by atoms with Gasteiger partial charge in [0.2, 0.25) is 0 Å². The van der Waals surface area contributed by atoms with Crippen LogP contribution in [0.5, 0.6) is 5.75 Å². The molecular formula is C19H22ClN3O2. The van der Waals surface area contributed by atoms with Crippen LogP contribution in [0.15, 0.2) is 48.5 Å². The Kier molecular flexibility index (Phi) is 5.46. The Balaban J connectivity index is 1.73. The molecule has 3 rings (SSSR count). The summed E-state index contributed by atoms with van der Waals surface area (Å²) >= 11 is 5.89. The zero-order chi connectivity index (χ0) is 17.8. The van der Waals surface area contributed by atoms with E-state index in [2.05, 4.69) is 23.3 Å². The summed E-state index contributed by atoms with van der Waals surface area (Å²) < 4.78 is 5.49. The Morgan fingerprint density at radius 3 is 2.60 bits per heavy atom. The summed E-state index contributed by atoms with van der Waals surface area (Å²) in [5, 5.41) is 3.58. The van der Waals surface area contributed by atoms with E-state index >= 15 is 0 Å². The van der Waals surface area contributed by atoms with Gasteiger partial charge in [0, 0.05) is 35.9 Å². The van der Waals surface area contributed by atoms with Crippen LogP contribution in [0.2, 0.25) is 5.02 Å². The van der Waals surface area contributed by atoms with Crippen molar-refractivity contribution in [3.63, 3.8) is 0 Å². The van der Waals surface area contributed by atoms with Gasteiger partial charge in [0.25, 0.3) is 0 Å². The van der Waals surface area contributed by atoms with Gasteiger partial charge in [0.1, 0.15) is 5.75 Å². The van der Waals surface area contributed by atoms with E-state index in [4.69, 9.17) is 16.3 Å². The van der Waals surface area contributed by atoms with Crippen molar-refractivity contribution >= 4 is 23.3 Å². The summed E-state index contributed by atoms with van der Waals surface area (Å²) in [6.45, 7) is 2.09. The van der Waals surface area contributed by atoms with Crippen molar-refractivity contribution in [1.82, 2.24) is 9.80 Å². The van der Waals surface area contributed by atoms with Crippen LogP contribution >= 0.6 is 11.6 Å². The highest BCUT2D eigenvalue weighted by Gasteiger charge is 2.30. The normalized spacial score (nSPS) is 18.0. The van der Waals surface area contributed by atoms with Crippen molar-refractivity contribution in [3.8, 4) is 5.75 Å². The van der Waals surface area contributed by atoms with E-state index in [1.54, 1.807) is 31.4 Å². The van der Waals surface area contributed by atoms with Gasteiger partial charge in [-0.1, -0.05) is 29.8 Å². The quantitative estimate of drug-likeness (QED) is 0.904. The number of hydrogen-bond acceptors (Lipinski definition) is 3. The number of benzene rings is 2. The number of piperazine rings is 1. The summed E-state index contributed by atoms with van der Waals surface area (Å²) in [6.07, 6.45) is 0. The molecule has 6 heteroatoms. The second-order valence-corrected chi connectivity index (χ2v) is 6.56. The van der Waals surface area contributed by atoms with Gasteiger partial charge in [-0.3, -0.25) is 4.90 Å². The molecule has 0 radical (unpaired) electrons. The molecule has 1 fully saturated rings. The lowest BCUT2D eigenvalue weighted by Gasteiger charge is -2.40. The number of carbonyl (C=O) groups is 1. The SMILES string of the molecule is COc1ccccc1C1CN(C(=O)Nc2ccc(Cl)cc2)CCN1C. The minimum absolute atomic E-state index is 0.0980. The number of urea groups is 1. The van der Waals surface area contributed by atoms with E-state index in [-0.39, 0.29) is 12.1 Å². The smallest absolute Gasteiger partial charge is 0.321 e. The van der Waals surface area contributed by atoms with Crippen molar-refractivity contribution < 1.29 is 9.53 Å². The van der Waals surface area contributed by atoms with Crippen LogP contribution in [-0.2, 0) is 0 Å². The lowest BCUT2D eigenvalue weighted by atomic mass is 10.0. The number of hydrogen-bond donors (Lipinski definition) is 1. The molecule has 132 valence electrons. The molecule has 0 aromatic heterocycles. The molecule has 0 saturated carbocycles. The summed E-state index contributed by atoms with van der Waals surface area (Å²) in [5.74, 6) is 0.847. The van der Waals surface area contributed by atoms with Gasteiger partial charge in [0.05, 0.1) is 13.2 Å². The highest BCUT2D eigenvalue weighted by Crippen LogP contribution is 2.31. The lowest BCUT2D eigenvalue weighted by Crippen LogP contribution is -2.50. The number of halogens is 1. The van der Waals surface area contributed by atoms with Crippen molar-refractivity contribution in [2.75, 3.05) is 39.1 Å². The third-order valence-electron chi connectivity index (χ3n) is 4.53. The maximum atomic E-state index is 12.6. The van der Waals surface area contributed by atoms with Crippen LogP contribution in [0.1, 0.15) is 11.6 Å². The fourth-order valence-electron chi connectivity index (χ4n) is 3.07. The van der Waals surface area contributed by atoms with Gasteiger partial charge in [0.15, 0.2) is 0 Å². The highest BCUT2D eigenvalue weighted by molar-refractivity contribution is 6.30. The maximum Gasteiger partial charge on any atom is 0.321 e. The molecule has 1 aliphatic heterocycles. The first-order chi connectivity index (χ1) is 12.1. The van der Waals surface area contributed by atoms with E-state index in [0.717, 1.165) is 23.5 Å². The molecule has 1 aliphatic rings. The fourth-order valence-corrected chi connectivity index (χ4v) is 3.20. The molecule has 2 amide bonds. The molecular weight excluding hydrogens is 338 g/mol. The minimum Gasteiger partial charge on any atom is -0.496 e. The molecule has 1 unspecified atom stereocenters. The molecule has 1 saturated heterocycles. The second kappa shape index (κ2) is 7.76. The van der Waals surface area contributed by atoms with Gasteiger partial charge in [-0.05, 0) is 37.4 Å². The molecule has 0 aliphatic carbocycles. The monoisotopic (exact) mass is 359 g/mol. The predicted octanol–water partition coefficient (Wildman–Crippen LogP) is 3.87. The number of nitrogens with one attached hydrogen (secondary N) is 1. The van der Waals surface area contributed by atoms with E-state index in [0.29, 0.717) is 18.1 Å². The van der Waals surface area contributed by atoms with Crippen molar-refractivity contribution in [3.05, 3.63) is 59.1 Å². The number of rotatable bonds is 3. The zero-order valence-electron chi connectivity index (χ0n) is 14.4. The first-order valence-corrected chi connectivity index (χ1v) is 8.61. The predicted molar refractivity (Wildman–Crippen MR) is 100 cm³/mol. The van der Waals surface area contributed by atoms with E-state index < -0.39 is 0 Å². The lowest BCUT2D eigenvalue weighted by molar-refractivity contribution is 0.114. The topological polar surface area (TPSA) is 44.8 Å². The highest BCUT2D eigenvalue weighted by atomic mass is 35.5. The first-order valence-electron chi connectivity index (χ1n) is 8.23. The summed E-state index contributed by atoms with van der Waals surface area (Å²) in [7, 11) is 3.75. The van der Waals surface area contributed by atoms with Crippen molar-refractivity contribution in [1.29, 1.82) is 0 Å². The Morgan fingerprint density at radius 2 is 1.88 bits per heavy atom. The standard InChI is InChI=1S/C19H22ClN3O2/c1-22-11-12-23(19(24)21-15-9-7-14(20)8-10-15)13-17(22)16-5-3-4-6-18(16)25-2/h3-10,17H,11-13H2,1-2H3,(H,21,24). The zero-order valence-corrected chi connectivity index (χ0v) is 15.2. The van der Waals surface area contributed by atoms with Gasteiger partial charge >= 0.3 is 6.03 Å². The van der Waals surface area contributed by atoms with Gasteiger partial charge in [-0.2, -0.15) is 0 Å². The van der Waals surface area contributed by atoms with E-state index in [9.17, 15) is 4.79 Å². The number of nitrogens with zero attached hydrogens (tertiary/aromatic N) is 2. The van der Waals surface area contributed by atoms with Crippen LogP contribution in [0.25, 0.3) is 0 Å². The molecule has 5 nitrogen and oxygen atoms in total. The number of ether oxygens (including phenoxy) is 1. The minimum atomic E-state index is -0.102. The number of amides is 2. The molecule has 0 bridgehead atoms. The third kappa shape index (κ3) is 4.06. The summed E-state index contributed by atoms with van der Waals surface area (Å²) in [4.78, 5) is 16.7. The van der Waals surface area contributed by atoms with Crippen LogP contribution in [0.4, 0.5) is 10.5 Å². The van der Waals surface area contributed by atoms with Crippen LogP contribution in [0, 0.1) is 0 Å². The Hall–Kier alpha value is -2.24. The Labute approximate surface area is 153 Å². The van der Waals surface area contributed by atoms with E-state index in [1.807, 2.05) is 23.1 Å². The molecule has 0 spiro atoms. The molecule has 1 heterocycles. The Morgan fingerprint density at radius 1 is 1.16 bits per heavy atom. The third-order valence-corrected chi connectivity index (χ3v) is 4.78. The van der Waals surface area contributed by atoms with Crippen molar-refractivity contribution in [2.45, 2.75) is 6.04 Å².